The first-order chi connectivity index (χ1) is 6.68. The molecule has 0 saturated carbocycles. The van der Waals surface area contributed by atoms with E-state index in [1.165, 1.54) is 12.8 Å². The number of hydrogen-bond donors (Lipinski definition) is 1. The Morgan fingerprint density at radius 2 is 2.21 bits per heavy atom. The van der Waals surface area contributed by atoms with Crippen LogP contribution in [0.4, 0.5) is 0 Å². The fourth-order valence-corrected chi connectivity index (χ4v) is 1.52. The largest absolute Gasteiger partial charge is 0.378 e. The molecule has 0 radical (unpaired) electrons. The summed E-state index contributed by atoms with van der Waals surface area (Å²) in [5.41, 5.74) is -0.224. The van der Waals surface area contributed by atoms with E-state index in [9.17, 15) is 0 Å². The molecule has 0 aromatic heterocycles. The third-order valence-electron chi connectivity index (χ3n) is 2.59. The number of hydrogen-bond acceptors (Lipinski definition) is 3. The van der Waals surface area contributed by atoms with Crippen LogP contribution in [0.15, 0.2) is 0 Å². The van der Waals surface area contributed by atoms with Crippen LogP contribution in [-0.2, 0) is 4.74 Å². The van der Waals surface area contributed by atoms with Gasteiger partial charge in [0.1, 0.15) is 5.41 Å². The zero-order valence-electron chi connectivity index (χ0n) is 9.18. The Kier molecular flexibility index (Phi) is 4.37. The zero-order chi connectivity index (χ0) is 10.4. The average molecular weight is 196 g/mol. The van der Waals surface area contributed by atoms with Gasteiger partial charge < -0.3 is 10.1 Å². The lowest BCUT2D eigenvalue weighted by atomic mass is 9.88. The first kappa shape index (κ1) is 11.5. The van der Waals surface area contributed by atoms with Gasteiger partial charge >= 0.3 is 0 Å². The van der Waals surface area contributed by atoms with Crippen molar-refractivity contribution in [2.24, 2.45) is 11.3 Å². The predicted octanol–water partition coefficient (Wildman–Crippen LogP) is 1.55. The molecule has 0 aromatic carbocycles. The molecule has 1 rings (SSSR count). The van der Waals surface area contributed by atoms with Gasteiger partial charge in [0.25, 0.3) is 0 Å². The van der Waals surface area contributed by atoms with E-state index in [1.54, 1.807) is 0 Å². The smallest absolute Gasteiger partial charge is 0.116 e. The first-order valence-corrected chi connectivity index (χ1v) is 5.38. The minimum atomic E-state index is -0.224. The van der Waals surface area contributed by atoms with Crippen molar-refractivity contribution in [3.8, 4) is 6.07 Å². The van der Waals surface area contributed by atoms with Crippen LogP contribution < -0.4 is 5.32 Å². The molecule has 1 aliphatic heterocycles. The van der Waals surface area contributed by atoms with Crippen molar-refractivity contribution < 1.29 is 4.74 Å². The number of rotatable bonds is 6. The van der Waals surface area contributed by atoms with E-state index in [4.69, 9.17) is 10.00 Å². The van der Waals surface area contributed by atoms with E-state index in [-0.39, 0.29) is 5.41 Å². The molecule has 1 N–H and O–H groups in total. The number of ether oxygens (including phenoxy) is 1. The van der Waals surface area contributed by atoms with E-state index in [1.807, 2.05) is 0 Å². The van der Waals surface area contributed by atoms with Crippen LogP contribution in [0.5, 0.6) is 0 Å². The first-order valence-electron chi connectivity index (χ1n) is 5.38. The highest BCUT2D eigenvalue weighted by molar-refractivity contribution is 5.05. The van der Waals surface area contributed by atoms with E-state index in [0.29, 0.717) is 13.2 Å². The Bertz CT molecular complexity index is 204. The molecule has 1 aliphatic rings. The molecule has 3 nitrogen and oxygen atoms in total. The third kappa shape index (κ3) is 3.28. The highest BCUT2D eigenvalue weighted by Crippen LogP contribution is 2.25. The highest BCUT2D eigenvalue weighted by atomic mass is 16.5. The lowest BCUT2D eigenvalue weighted by molar-refractivity contribution is -0.0753. The Morgan fingerprint density at radius 1 is 1.50 bits per heavy atom. The van der Waals surface area contributed by atoms with E-state index >= 15 is 0 Å². The molecule has 0 amide bonds. The van der Waals surface area contributed by atoms with Crippen LogP contribution in [0.2, 0.25) is 0 Å². The summed E-state index contributed by atoms with van der Waals surface area (Å²) in [6.45, 7) is 7.46. The molecule has 0 aliphatic carbocycles. The van der Waals surface area contributed by atoms with Crippen molar-refractivity contribution in [1.29, 1.82) is 5.26 Å². The number of nitriles is 1. The van der Waals surface area contributed by atoms with Crippen LogP contribution in [0, 0.1) is 22.7 Å². The van der Waals surface area contributed by atoms with Gasteiger partial charge in [-0.1, -0.05) is 13.8 Å². The third-order valence-corrected chi connectivity index (χ3v) is 2.59. The summed E-state index contributed by atoms with van der Waals surface area (Å²) in [6.07, 6.45) is 2.45. The van der Waals surface area contributed by atoms with Gasteiger partial charge in [-0.3, -0.25) is 0 Å². The molecular formula is C11H20N2O. The maximum absolute atomic E-state index is 8.91. The lowest BCUT2D eigenvalue weighted by Gasteiger charge is -2.35. The fourth-order valence-electron chi connectivity index (χ4n) is 1.52. The summed E-state index contributed by atoms with van der Waals surface area (Å²) in [5.74, 6) is 0.772. The van der Waals surface area contributed by atoms with Gasteiger partial charge in [-0.25, -0.2) is 0 Å². The maximum atomic E-state index is 8.91. The predicted molar refractivity (Wildman–Crippen MR) is 55.8 cm³/mol. The number of nitrogens with zero attached hydrogens (tertiary/aromatic N) is 1. The average Bonchev–Trinajstić information content (AvgIpc) is 2.08. The zero-order valence-corrected chi connectivity index (χ0v) is 9.18. The van der Waals surface area contributed by atoms with Crippen molar-refractivity contribution in [2.45, 2.75) is 26.7 Å². The molecule has 1 fully saturated rings. The minimum Gasteiger partial charge on any atom is -0.378 e. The van der Waals surface area contributed by atoms with Crippen molar-refractivity contribution in [1.82, 2.24) is 5.32 Å². The molecule has 0 atom stereocenters. The van der Waals surface area contributed by atoms with Crippen LogP contribution in [0.1, 0.15) is 26.7 Å². The quantitative estimate of drug-likeness (QED) is 0.656. The van der Waals surface area contributed by atoms with Gasteiger partial charge in [-0.2, -0.15) is 5.26 Å². The second-order valence-corrected chi connectivity index (χ2v) is 4.60. The number of nitrogens with one attached hydrogen (secondary N) is 1. The normalized spacial score (nSPS) is 19.0. The van der Waals surface area contributed by atoms with Crippen molar-refractivity contribution in [3.63, 3.8) is 0 Å². The van der Waals surface area contributed by atoms with Gasteiger partial charge in [0.05, 0.1) is 19.3 Å². The summed E-state index contributed by atoms with van der Waals surface area (Å²) in [5, 5.41) is 12.2. The Hall–Kier alpha value is -0.590. The molecule has 1 saturated heterocycles. The molecule has 80 valence electrons. The molecule has 14 heavy (non-hydrogen) atoms. The Labute approximate surface area is 86.4 Å². The van der Waals surface area contributed by atoms with Gasteiger partial charge in [-0.15, -0.1) is 0 Å². The lowest BCUT2D eigenvalue weighted by Crippen LogP contribution is -2.48. The van der Waals surface area contributed by atoms with Crippen LogP contribution in [-0.4, -0.2) is 26.3 Å². The van der Waals surface area contributed by atoms with Gasteiger partial charge in [0.2, 0.25) is 0 Å². The molecule has 0 unspecified atom stereocenters. The SMILES string of the molecule is CC(C)CCCNCC1(C#N)COC1. The van der Waals surface area contributed by atoms with Gasteiger partial charge in [0, 0.05) is 6.54 Å². The monoisotopic (exact) mass is 196 g/mol. The standard InChI is InChI=1S/C11H20N2O/c1-10(2)4-3-5-13-7-11(6-12)8-14-9-11/h10,13H,3-5,7-9H2,1-2H3. The summed E-state index contributed by atoms with van der Waals surface area (Å²) >= 11 is 0. The van der Waals surface area contributed by atoms with E-state index in [2.05, 4.69) is 25.2 Å². The van der Waals surface area contributed by atoms with Gasteiger partial charge in [-0.05, 0) is 25.3 Å². The topological polar surface area (TPSA) is 45.0 Å². The minimum absolute atomic E-state index is 0.224. The summed E-state index contributed by atoms with van der Waals surface area (Å²) in [6, 6.07) is 2.33. The molecule has 3 heteroatoms. The molecule has 0 spiro atoms. The second kappa shape index (κ2) is 5.33. The molecular weight excluding hydrogens is 176 g/mol. The summed E-state index contributed by atoms with van der Waals surface area (Å²) in [7, 11) is 0. The maximum Gasteiger partial charge on any atom is 0.116 e. The van der Waals surface area contributed by atoms with Crippen molar-refractivity contribution >= 4 is 0 Å². The molecule has 1 heterocycles. The molecule has 0 aromatic rings. The van der Waals surface area contributed by atoms with Gasteiger partial charge in [0.15, 0.2) is 0 Å². The van der Waals surface area contributed by atoms with Crippen molar-refractivity contribution in [3.05, 3.63) is 0 Å². The molecule has 0 bridgehead atoms. The van der Waals surface area contributed by atoms with Crippen LogP contribution in [0.25, 0.3) is 0 Å². The Morgan fingerprint density at radius 3 is 2.64 bits per heavy atom. The van der Waals surface area contributed by atoms with Crippen LogP contribution in [0.3, 0.4) is 0 Å². The fraction of sp³-hybridized carbons (Fsp3) is 0.909. The van der Waals surface area contributed by atoms with Crippen molar-refractivity contribution in [2.75, 3.05) is 26.3 Å². The van der Waals surface area contributed by atoms with Crippen LogP contribution >= 0.6 is 0 Å². The van der Waals surface area contributed by atoms with E-state index in [0.717, 1.165) is 19.0 Å². The highest BCUT2D eigenvalue weighted by Gasteiger charge is 2.38. The summed E-state index contributed by atoms with van der Waals surface area (Å²) < 4.78 is 5.06. The van der Waals surface area contributed by atoms with E-state index < -0.39 is 0 Å². The second-order valence-electron chi connectivity index (χ2n) is 4.60. The summed E-state index contributed by atoms with van der Waals surface area (Å²) in [4.78, 5) is 0. The Balaban J connectivity index is 2.01.